The zero-order chi connectivity index (χ0) is 22.6. The zero-order valence-electron chi connectivity index (χ0n) is 18.1. The first-order chi connectivity index (χ1) is 14.9. The quantitative estimate of drug-likeness (QED) is 0.299. The summed E-state index contributed by atoms with van der Waals surface area (Å²) in [4.78, 5) is 25.3. The Labute approximate surface area is 183 Å². The van der Waals surface area contributed by atoms with Crippen molar-refractivity contribution in [3.63, 3.8) is 0 Å². The molecule has 2 amide bonds. The summed E-state index contributed by atoms with van der Waals surface area (Å²) in [6, 6.07) is 13.8. The molecule has 2 aromatic carbocycles. The van der Waals surface area contributed by atoms with Crippen molar-refractivity contribution in [1.82, 2.24) is 10.4 Å². The van der Waals surface area contributed by atoms with E-state index in [9.17, 15) is 14.0 Å². The molecule has 0 aliphatic rings. The molecule has 0 fully saturated rings. The number of rotatable bonds is 12. The molecule has 0 saturated heterocycles. The van der Waals surface area contributed by atoms with Crippen molar-refractivity contribution < 1.29 is 23.9 Å². The largest absolute Gasteiger partial charge is 0.376 e. The van der Waals surface area contributed by atoms with Crippen molar-refractivity contribution in [2.24, 2.45) is 0 Å². The fourth-order valence-electron chi connectivity index (χ4n) is 3.38. The highest BCUT2D eigenvalue weighted by Gasteiger charge is 2.14. The fraction of sp³-hybridized carbons (Fsp3) is 0.417. The average molecular weight is 431 g/mol. The molecular weight excluding hydrogens is 399 g/mol. The number of unbranched alkanes of at least 4 members (excludes halogenated alkanes) is 3. The normalized spacial score (nSPS) is 11.7. The van der Waals surface area contributed by atoms with E-state index in [1.54, 1.807) is 36.7 Å². The predicted octanol–water partition coefficient (Wildman–Crippen LogP) is 4.28. The summed E-state index contributed by atoms with van der Waals surface area (Å²) in [7, 11) is 3.41. The smallest absolute Gasteiger partial charge is 0.253 e. The minimum absolute atomic E-state index is 0.0342. The van der Waals surface area contributed by atoms with E-state index in [2.05, 4.69) is 0 Å². The molecule has 168 valence electrons. The van der Waals surface area contributed by atoms with E-state index in [1.165, 1.54) is 12.1 Å². The monoisotopic (exact) mass is 430 g/mol. The van der Waals surface area contributed by atoms with E-state index in [0.29, 0.717) is 31.4 Å². The van der Waals surface area contributed by atoms with Gasteiger partial charge in [-0.15, -0.1) is 0 Å². The van der Waals surface area contributed by atoms with Crippen LogP contribution in [0.5, 0.6) is 0 Å². The van der Waals surface area contributed by atoms with Gasteiger partial charge in [0.15, 0.2) is 0 Å². The first-order valence-electron chi connectivity index (χ1n) is 10.5. The average Bonchev–Trinajstić information content (AvgIpc) is 2.79. The standard InChI is InChI=1S/C24H31FN2O4/c1-27(16-6-4-3-5-7-23(28)26-30)24(29)20-10-8-18(9-11-20)17-22(31-2)19-12-14-21(25)15-13-19/h8-15,22,30H,3-7,16-17H2,1-2H3,(H,26,28). The zero-order valence-corrected chi connectivity index (χ0v) is 18.1. The van der Waals surface area contributed by atoms with Gasteiger partial charge in [0.1, 0.15) is 5.82 Å². The number of hydrogen-bond acceptors (Lipinski definition) is 4. The van der Waals surface area contributed by atoms with Gasteiger partial charge < -0.3 is 9.64 Å². The number of carbonyl (C=O) groups excluding carboxylic acids is 2. The van der Waals surface area contributed by atoms with Gasteiger partial charge >= 0.3 is 0 Å². The lowest BCUT2D eigenvalue weighted by molar-refractivity contribution is -0.129. The summed E-state index contributed by atoms with van der Waals surface area (Å²) in [5.41, 5.74) is 4.18. The highest BCUT2D eigenvalue weighted by Crippen LogP contribution is 2.22. The molecule has 0 bridgehead atoms. The van der Waals surface area contributed by atoms with Crippen molar-refractivity contribution in [2.75, 3.05) is 20.7 Å². The topological polar surface area (TPSA) is 78.9 Å². The summed E-state index contributed by atoms with van der Waals surface area (Å²) in [6.45, 7) is 0.642. The van der Waals surface area contributed by atoms with Gasteiger partial charge in [-0.1, -0.05) is 37.1 Å². The number of nitrogens with zero attached hydrogens (tertiary/aromatic N) is 1. The van der Waals surface area contributed by atoms with Crippen molar-refractivity contribution >= 4 is 11.8 Å². The molecule has 1 atom stereocenters. The summed E-state index contributed by atoms with van der Waals surface area (Å²) in [5, 5.41) is 8.45. The Morgan fingerprint density at radius 3 is 2.29 bits per heavy atom. The van der Waals surface area contributed by atoms with E-state index in [-0.39, 0.29) is 23.7 Å². The van der Waals surface area contributed by atoms with Crippen LogP contribution < -0.4 is 5.48 Å². The number of nitrogens with one attached hydrogen (secondary N) is 1. The lowest BCUT2D eigenvalue weighted by atomic mass is 10.00. The second-order valence-corrected chi connectivity index (χ2v) is 7.60. The first-order valence-corrected chi connectivity index (χ1v) is 10.5. The number of carbonyl (C=O) groups is 2. The summed E-state index contributed by atoms with van der Waals surface area (Å²) >= 11 is 0. The van der Waals surface area contributed by atoms with Gasteiger partial charge in [0, 0.05) is 39.1 Å². The summed E-state index contributed by atoms with van der Waals surface area (Å²) < 4.78 is 18.7. The Balaban J connectivity index is 1.81. The Morgan fingerprint density at radius 1 is 1.03 bits per heavy atom. The number of benzene rings is 2. The van der Waals surface area contributed by atoms with E-state index in [4.69, 9.17) is 9.94 Å². The van der Waals surface area contributed by atoms with Crippen molar-refractivity contribution in [3.05, 3.63) is 71.0 Å². The number of halogens is 1. The van der Waals surface area contributed by atoms with E-state index < -0.39 is 0 Å². The highest BCUT2D eigenvalue weighted by molar-refractivity contribution is 5.94. The van der Waals surface area contributed by atoms with E-state index in [1.807, 2.05) is 24.3 Å². The lowest BCUT2D eigenvalue weighted by Crippen LogP contribution is -2.27. The van der Waals surface area contributed by atoms with Gasteiger partial charge in [-0.25, -0.2) is 9.87 Å². The number of methoxy groups -OCH3 is 1. The van der Waals surface area contributed by atoms with Gasteiger partial charge in [-0.2, -0.15) is 0 Å². The second kappa shape index (κ2) is 12.8. The van der Waals surface area contributed by atoms with Crippen molar-refractivity contribution in [2.45, 2.75) is 44.6 Å². The van der Waals surface area contributed by atoms with E-state index in [0.717, 1.165) is 30.4 Å². The molecule has 2 aromatic rings. The Morgan fingerprint density at radius 2 is 1.68 bits per heavy atom. The van der Waals surface area contributed by atoms with Crippen LogP contribution in [0.1, 0.15) is 59.7 Å². The maximum atomic E-state index is 13.1. The molecule has 2 N–H and O–H groups in total. The molecule has 0 saturated carbocycles. The molecule has 0 aliphatic heterocycles. The van der Waals surface area contributed by atoms with Crippen LogP contribution in [0, 0.1) is 5.82 Å². The third-order valence-corrected chi connectivity index (χ3v) is 5.27. The molecule has 0 heterocycles. The first kappa shape index (κ1) is 24.5. The maximum absolute atomic E-state index is 13.1. The number of hydrogen-bond donors (Lipinski definition) is 2. The van der Waals surface area contributed by atoms with Crippen molar-refractivity contribution in [1.29, 1.82) is 0 Å². The Hall–Kier alpha value is -2.77. The van der Waals surface area contributed by atoms with Crippen LogP contribution >= 0.6 is 0 Å². The second-order valence-electron chi connectivity index (χ2n) is 7.60. The Bertz CT molecular complexity index is 824. The SMILES string of the molecule is COC(Cc1ccc(C(=O)N(C)CCCCCCC(=O)NO)cc1)c1ccc(F)cc1. The van der Waals surface area contributed by atoms with Crippen LogP contribution in [-0.4, -0.2) is 42.6 Å². The molecular formula is C24H31FN2O4. The van der Waals surface area contributed by atoms with E-state index >= 15 is 0 Å². The number of amides is 2. The van der Waals surface area contributed by atoms with Crippen LogP contribution in [0.3, 0.4) is 0 Å². The van der Waals surface area contributed by atoms with Gasteiger partial charge in [0.05, 0.1) is 6.10 Å². The van der Waals surface area contributed by atoms with Crippen LogP contribution in [-0.2, 0) is 16.0 Å². The summed E-state index contributed by atoms with van der Waals surface area (Å²) in [5.74, 6) is -0.682. The molecule has 7 heteroatoms. The molecule has 0 spiro atoms. The Kier molecular flexibility index (Phi) is 10.1. The van der Waals surface area contributed by atoms with Crippen molar-refractivity contribution in [3.8, 4) is 0 Å². The highest BCUT2D eigenvalue weighted by atomic mass is 19.1. The van der Waals surface area contributed by atoms with Gasteiger partial charge in [0.25, 0.3) is 5.91 Å². The fourth-order valence-corrected chi connectivity index (χ4v) is 3.38. The predicted molar refractivity (Wildman–Crippen MR) is 116 cm³/mol. The summed E-state index contributed by atoms with van der Waals surface area (Å²) in [6.07, 6.45) is 4.10. The third kappa shape index (κ3) is 8.11. The molecule has 0 radical (unpaired) electrons. The van der Waals surface area contributed by atoms with Crippen LogP contribution in [0.25, 0.3) is 0 Å². The lowest BCUT2D eigenvalue weighted by Gasteiger charge is -2.18. The van der Waals surface area contributed by atoms with Crippen LogP contribution in [0.2, 0.25) is 0 Å². The number of ether oxygens (including phenoxy) is 1. The van der Waals surface area contributed by atoms with Gasteiger partial charge in [-0.05, 0) is 48.2 Å². The van der Waals surface area contributed by atoms with Gasteiger partial charge in [-0.3, -0.25) is 14.8 Å². The molecule has 1 unspecified atom stereocenters. The molecule has 6 nitrogen and oxygen atoms in total. The third-order valence-electron chi connectivity index (χ3n) is 5.27. The van der Waals surface area contributed by atoms with Crippen LogP contribution in [0.15, 0.2) is 48.5 Å². The molecule has 0 aromatic heterocycles. The number of hydroxylamine groups is 1. The van der Waals surface area contributed by atoms with Gasteiger partial charge in [0.2, 0.25) is 5.91 Å². The minimum Gasteiger partial charge on any atom is -0.376 e. The molecule has 0 aliphatic carbocycles. The minimum atomic E-state index is -0.370. The molecule has 2 rings (SSSR count). The molecule has 31 heavy (non-hydrogen) atoms. The maximum Gasteiger partial charge on any atom is 0.253 e. The van der Waals surface area contributed by atoms with Crippen LogP contribution in [0.4, 0.5) is 4.39 Å².